The summed E-state index contributed by atoms with van der Waals surface area (Å²) in [5.41, 5.74) is 3.34. The number of anilines is 1. The Morgan fingerprint density at radius 2 is 1.72 bits per heavy atom. The van der Waals surface area contributed by atoms with Gasteiger partial charge in [-0.15, -0.1) is 0 Å². The van der Waals surface area contributed by atoms with Gasteiger partial charge in [-0.05, 0) is 48.7 Å². The fourth-order valence-electron chi connectivity index (χ4n) is 3.31. The number of nitrogens with zero attached hydrogens (tertiary/aromatic N) is 6. The zero-order valence-electron chi connectivity index (χ0n) is 18.4. The highest BCUT2D eigenvalue weighted by Crippen LogP contribution is 2.25. The highest BCUT2D eigenvalue weighted by Gasteiger charge is 2.30. The van der Waals surface area contributed by atoms with Crippen LogP contribution in [-0.2, 0) is 11.8 Å². The maximum absolute atomic E-state index is 13.1. The van der Waals surface area contributed by atoms with Crippen molar-refractivity contribution in [3.63, 3.8) is 0 Å². The van der Waals surface area contributed by atoms with Crippen molar-refractivity contribution in [1.29, 1.82) is 0 Å². The lowest BCUT2D eigenvalue weighted by Gasteiger charge is -2.12. The van der Waals surface area contributed by atoms with Crippen molar-refractivity contribution in [2.45, 2.75) is 6.92 Å². The Kier molecular flexibility index (Phi) is 6.00. The van der Waals surface area contributed by atoms with E-state index in [-0.39, 0.29) is 28.6 Å². The Morgan fingerprint density at radius 1 is 1.03 bits per heavy atom. The van der Waals surface area contributed by atoms with Gasteiger partial charge in [0, 0.05) is 26.8 Å². The minimum absolute atomic E-state index is 0.155. The summed E-state index contributed by atoms with van der Waals surface area (Å²) in [7, 11) is 5.76. The van der Waals surface area contributed by atoms with Gasteiger partial charge in [-0.3, -0.25) is 14.3 Å². The molecule has 164 valence electrons. The first-order valence-electron chi connectivity index (χ1n) is 10.1. The van der Waals surface area contributed by atoms with Gasteiger partial charge in [0.2, 0.25) is 11.6 Å². The molecule has 3 aromatic rings. The number of benzene rings is 2. The number of para-hydroxylation sites is 1. The molecule has 4 rings (SSSR count). The van der Waals surface area contributed by atoms with Gasteiger partial charge in [0.05, 0.1) is 23.3 Å². The summed E-state index contributed by atoms with van der Waals surface area (Å²) in [4.78, 5) is 32.1. The zero-order valence-corrected chi connectivity index (χ0v) is 19.2. The number of rotatable bonds is 5. The average Bonchev–Trinajstić information content (AvgIpc) is 3.25. The Labute approximate surface area is 190 Å². The number of hydrazone groups is 1. The SMILES string of the molecule is Cc1c(N=C2C(=O)CSN2/N=C/c2ccc(N(C)C)cc2)c(=O)n(-c2ccccc2)n1C. The monoisotopic (exact) mass is 448 g/mol. The molecule has 0 aliphatic carbocycles. The molecule has 0 N–H and O–H groups in total. The molecule has 0 spiro atoms. The number of aliphatic imine (C=N–C) groups is 1. The molecule has 0 atom stereocenters. The van der Waals surface area contributed by atoms with Crippen LogP contribution in [0, 0.1) is 6.92 Å². The third-order valence-corrected chi connectivity index (χ3v) is 6.11. The van der Waals surface area contributed by atoms with Crippen molar-refractivity contribution in [3.05, 3.63) is 76.2 Å². The van der Waals surface area contributed by atoms with Crippen LogP contribution in [0.2, 0.25) is 0 Å². The van der Waals surface area contributed by atoms with Crippen molar-refractivity contribution in [1.82, 2.24) is 13.8 Å². The molecule has 0 unspecified atom stereocenters. The molecule has 0 amide bonds. The number of aromatic nitrogens is 2. The van der Waals surface area contributed by atoms with Crippen LogP contribution in [0.4, 0.5) is 11.4 Å². The highest BCUT2D eigenvalue weighted by molar-refractivity contribution is 7.99. The summed E-state index contributed by atoms with van der Waals surface area (Å²) in [5.74, 6) is 0.222. The van der Waals surface area contributed by atoms with Gasteiger partial charge >= 0.3 is 0 Å². The molecule has 1 aliphatic rings. The number of hydrogen-bond acceptors (Lipinski definition) is 6. The normalized spacial score (nSPS) is 15.3. The molecule has 2 aromatic carbocycles. The van der Waals surface area contributed by atoms with Crippen LogP contribution in [-0.4, -0.2) is 51.5 Å². The topological polar surface area (TPSA) is 75.2 Å². The largest absolute Gasteiger partial charge is 0.378 e. The predicted octanol–water partition coefficient (Wildman–Crippen LogP) is 3.15. The fraction of sp³-hybridized carbons (Fsp3) is 0.217. The second kappa shape index (κ2) is 8.88. The van der Waals surface area contributed by atoms with E-state index >= 15 is 0 Å². The van der Waals surface area contributed by atoms with Gasteiger partial charge in [0.1, 0.15) is 0 Å². The second-order valence-corrected chi connectivity index (χ2v) is 8.44. The van der Waals surface area contributed by atoms with Crippen molar-refractivity contribution in [3.8, 4) is 5.69 Å². The van der Waals surface area contributed by atoms with Gasteiger partial charge in [0.15, 0.2) is 5.69 Å². The maximum atomic E-state index is 13.1. The van der Waals surface area contributed by atoms with Crippen molar-refractivity contribution >= 4 is 41.2 Å². The number of ketones is 1. The molecule has 0 saturated carbocycles. The molecule has 9 heteroatoms. The lowest BCUT2D eigenvalue weighted by molar-refractivity contribution is -0.110. The molecule has 2 heterocycles. The van der Waals surface area contributed by atoms with Gasteiger partial charge in [-0.2, -0.15) is 9.52 Å². The van der Waals surface area contributed by atoms with E-state index < -0.39 is 0 Å². The van der Waals surface area contributed by atoms with Crippen molar-refractivity contribution in [2.24, 2.45) is 17.1 Å². The Morgan fingerprint density at radius 3 is 2.38 bits per heavy atom. The van der Waals surface area contributed by atoms with E-state index in [2.05, 4.69) is 10.1 Å². The van der Waals surface area contributed by atoms with Crippen LogP contribution in [0.15, 0.2) is 69.5 Å². The Hall–Kier alpha value is -3.59. The second-order valence-electron chi connectivity index (χ2n) is 7.55. The van der Waals surface area contributed by atoms with Gasteiger partial charge in [0.25, 0.3) is 5.56 Å². The number of hydrogen-bond donors (Lipinski definition) is 0. The van der Waals surface area contributed by atoms with E-state index in [0.29, 0.717) is 5.69 Å². The van der Waals surface area contributed by atoms with Crippen LogP contribution in [0.1, 0.15) is 11.3 Å². The lowest BCUT2D eigenvalue weighted by atomic mass is 10.2. The first-order chi connectivity index (χ1) is 15.4. The zero-order chi connectivity index (χ0) is 22.8. The minimum Gasteiger partial charge on any atom is -0.378 e. The molecule has 0 radical (unpaired) electrons. The summed E-state index contributed by atoms with van der Waals surface area (Å²) < 4.78 is 4.77. The molecule has 0 bridgehead atoms. The average molecular weight is 449 g/mol. The van der Waals surface area contributed by atoms with Crippen molar-refractivity contribution < 1.29 is 4.79 Å². The van der Waals surface area contributed by atoms with Gasteiger partial charge in [-0.25, -0.2) is 9.67 Å². The summed E-state index contributed by atoms with van der Waals surface area (Å²) in [5, 5.41) is 4.43. The van der Waals surface area contributed by atoms with E-state index in [4.69, 9.17) is 0 Å². The number of carbonyl (C=O) groups excluding carboxylic acids is 1. The summed E-state index contributed by atoms with van der Waals surface area (Å²) in [6.45, 7) is 1.81. The van der Waals surface area contributed by atoms with Gasteiger partial charge < -0.3 is 4.90 Å². The third-order valence-electron chi connectivity index (χ3n) is 5.21. The predicted molar refractivity (Wildman–Crippen MR) is 131 cm³/mol. The standard InChI is InChI=1S/C23H24N6O2S/c1-16-21(23(31)28(27(16)4)19-8-6-5-7-9-19)25-22-20(30)15-32-29(22)24-14-17-10-12-18(13-11-17)26(2)3/h5-14H,15H2,1-4H3/b24-14+,25-22?. The van der Waals surface area contributed by atoms with Crippen LogP contribution in [0.3, 0.4) is 0 Å². The molecule has 32 heavy (non-hydrogen) atoms. The van der Waals surface area contributed by atoms with Crippen LogP contribution in [0.25, 0.3) is 5.69 Å². The smallest absolute Gasteiger partial charge is 0.297 e. The number of amidine groups is 1. The molecule has 8 nitrogen and oxygen atoms in total. The molecule has 1 fully saturated rings. The quantitative estimate of drug-likeness (QED) is 0.443. The first kappa shape index (κ1) is 21.6. The minimum atomic E-state index is -0.281. The van der Waals surface area contributed by atoms with E-state index in [1.165, 1.54) is 16.4 Å². The molecular formula is C23H24N6O2S. The summed E-state index contributed by atoms with van der Waals surface area (Å²) in [6.07, 6.45) is 1.68. The Bertz CT molecular complexity index is 1260. The molecule has 1 aromatic heterocycles. The first-order valence-corrected chi connectivity index (χ1v) is 11.0. The lowest BCUT2D eigenvalue weighted by Crippen LogP contribution is -2.22. The van der Waals surface area contributed by atoms with E-state index in [1.807, 2.05) is 80.5 Å². The number of Topliss-reactive ketones (excluding diaryl/α,β-unsaturated/α-hetero) is 1. The third kappa shape index (κ3) is 4.11. The fourth-order valence-corrected chi connectivity index (χ4v) is 4.06. The van der Waals surface area contributed by atoms with E-state index in [0.717, 1.165) is 16.9 Å². The van der Waals surface area contributed by atoms with Gasteiger partial charge in [-0.1, -0.05) is 30.3 Å². The van der Waals surface area contributed by atoms with E-state index in [9.17, 15) is 9.59 Å². The summed E-state index contributed by atoms with van der Waals surface area (Å²) in [6, 6.07) is 17.2. The summed E-state index contributed by atoms with van der Waals surface area (Å²) >= 11 is 1.26. The van der Waals surface area contributed by atoms with Crippen LogP contribution < -0.4 is 10.5 Å². The maximum Gasteiger partial charge on any atom is 0.297 e. The highest BCUT2D eigenvalue weighted by atomic mass is 32.2. The molecular weight excluding hydrogens is 424 g/mol. The van der Waals surface area contributed by atoms with E-state index in [1.54, 1.807) is 22.6 Å². The molecule has 1 aliphatic heterocycles. The Balaban J connectivity index is 1.67. The number of carbonyl (C=O) groups is 1. The molecule has 1 saturated heterocycles. The van der Waals surface area contributed by atoms with Crippen molar-refractivity contribution in [2.75, 3.05) is 24.7 Å². The van der Waals surface area contributed by atoms with Crippen LogP contribution >= 0.6 is 11.9 Å². The van der Waals surface area contributed by atoms with Crippen LogP contribution in [0.5, 0.6) is 0 Å².